The van der Waals surface area contributed by atoms with Crippen molar-refractivity contribution in [1.82, 2.24) is 0 Å². The fourth-order valence-corrected chi connectivity index (χ4v) is 3.93. The molecule has 1 unspecified atom stereocenters. The summed E-state index contributed by atoms with van der Waals surface area (Å²) in [6, 6.07) is 23.9. The van der Waals surface area contributed by atoms with Crippen LogP contribution in [0.3, 0.4) is 0 Å². The van der Waals surface area contributed by atoms with Crippen molar-refractivity contribution in [2.24, 2.45) is 0 Å². The van der Waals surface area contributed by atoms with E-state index in [1.54, 1.807) is 6.07 Å². The maximum absolute atomic E-state index is 12.5. The molecule has 0 saturated carbocycles. The summed E-state index contributed by atoms with van der Waals surface area (Å²) in [6.45, 7) is 1.92. The number of hydrogen-bond acceptors (Lipinski definition) is 1. The Kier molecular flexibility index (Phi) is 6.85. The number of carbonyl (C=O) groups excluding carboxylic acids is 1. The Hall–Kier alpha value is -1.35. The molecule has 4 heteroatoms. The van der Waals surface area contributed by atoms with Crippen LogP contribution in [0.1, 0.15) is 15.9 Å². The molecule has 3 rings (SSSR count). The first kappa shape index (κ1) is 19.0. The van der Waals surface area contributed by atoms with Gasteiger partial charge in [-0.15, -0.1) is 0 Å². The quantitative estimate of drug-likeness (QED) is 0.489. The van der Waals surface area contributed by atoms with Gasteiger partial charge in [-0.3, -0.25) is 4.79 Å². The molecule has 0 aliphatic rings. The van der Waals surface area contributed by atoms with Gasteiger partial charge in [0.25, 0.3) is 0 Å². The van der Waals surface area contributed by atoms with Gasteiger partial charge in [0.15, 0.2) is 5.52 Å². The van der Waals surface area contributed by atoms with Gasteiger partial charge in [-0.1, -0.05) is 78.3 Å². The molecule has 0 spiro atoms. The molecule has 3 aromatic rings. The summed E-state index contributed by atoms with van der Waals surface area (Å²) in [5.41, 5.74) is 3.98. The van der Waals surface area contributed by atoms with Crippen molar-refractivity contribution >= 4 is 49.9 Å². The monoisotopic (exact) mass is 346 g/mol. The van der Waals surface area contributed by atoms with Gasteiger partial charge in [0.05, 0.1) is 5.02 Å². The van der Waals surface area contributed by atoms with E-state index in [1.807, 2.05) is 49.4 Å². The third kappa shape index (κ3) is 4.38. The van der Waals surface area contributed by atoms with Crippen molar-refractivity contribution in [2.45, 2.75) is 6.92 Å². The van der Waals surface area contributed by atoms with E-state index in [2.05, 4.69) is 24.3 Å². The summed E-state index contributed by atoms with van der Waals surface area (Å²) >= 11 is 6.18. The van der Waals surface area contributed by atoms with Crippen LogP contribution in [0.15, 0.2) is 72.8 Å². The number of rotatable bonds is 4. The molecule has 0 fully saturated rings. The zero-order valence-corrected chi connectivity index (χ0v) is 14.5. The van der Waals surface area contributed by atoms with Crippen molar-refractivity contribution in [3.8, 4) is 11.1 Å². The average molecular weight is 347 g/mol. The van der Waals surface area contributed by atoms with Crippen LogP contribution in [0.25, 0.3) is 11.1 Å². The molecule has 3 aromatic carbocycles. The van der Waals surface area contributed by atoms with Crippen LogP contribution in [0.4, 0.5) is 0 Å². The van der Waals surface area contributed by atoms with Gasteiger partial charge in [-0.2, -0.15) is 0 Å². The maximum atomic E-state index is 12.5. The second kappa shape index (κ2) is 8.66. The molecule has 0 amide bonds. The predicted molar refractivity (Wildman–Crippen MR) is 107 cm³/mol. The molecule has 1 atom stereocenters. The van der Waals surface area contributed by atoms with Gasteiger partial charge in [0.2, 0.25) is 0 Å². The number of halogens is 1. The van der Waals surface area contributed by atoms with Gasteiger partial charge in [0.1, 0.15) is 0 Å². The van der Waals surface area contributed by atoms with E-state index in [1.165, 1.54) is 5.56 Å². The third-order valence-corrected chi connectivity index (χ3v) is 5.11. The van der Waals surface area contributed by atoms with Crippen LogP contribution in [0, 0.1) is 6.92 Å². The summed E-state index contributed by atoms with van der Waals surface area (Å²) in [7, 11) is 0.0792. The first-order valence-corrected chi connectivity index (χ1v) is 8.75. The fraction of sp³-hybridized carbons (Fsp3) is 0.0500. The summed E-state index contributed by atoms with van der Waals surface area (Å²) in [4.78, 5) is 12.5. The summed E-state index contributed by atoms with van der Waals surface area (Å²) in [6.07, 6.45) is 0. The standard InChI is InChI=1S/C20H16ClOP.Li.H/c1-14-6-5-9-18(21)19(14)20(22)23-17-12-10-16(11-13-17)15-7-3-2-4-8-15;;/h2-13,23H,1H3;;. The number of hydrogen-bond donors (Lipinski definition) is 0. The SMILES string of the molecule is Cc1cccc(Cl)c1C(=O)Pc1ccc(-c2ccccc2)cc1.[LiH]. The van der Waals surface area contributed by atoms with Crippen molar-refractivity contribution in [3.63, 3.8) is 0 Å². The number of benzene rings is 3. The van der Waals surface area contributed by atoms with Crippen LogP contribution < -0.4 is 5.30 Å². The van der Waals surface area contributed by atoms with Gasteiger partial charge in [0, 0.05) is 5.56 Å². The van der Waals surface area contributed by atoms with E-state index in [-0.39, 0.29) is 33.0 Å². The zero-order valence-electron chi connectivity index (χ0n) is 12.7. The van der Waals surface area contributed by atoms with Gasteiger partial charge in [-0.05, 0) is 43.6 Å². The van der Waals surface area contributed by atoms with Gasteiger partial charge in [-0.25, -0.2) is 0 Å². The molecule has 0 saturated heterocycles. The van der Waals surface area contributed by atoms with Crippen molar-refractivity contribution in [1.29, 1.82) is 0 Å². The molecular weight excluding hydrogens is 330 g/mol. The summed E-state index contributed by atoms with van der Waals surface area (Å²) in [5.74, 6) is 0. The molecule has 1 nitrogen and oxygen atoms in total. The molecule has 0 aliphatic carbocycles. The van der Waals surface area contributed by atoms with Crippen LogP contribution >= 0.6 is 20.2 Å². The van der Waals surface area contributed by atoms with E-state index < -0.39 is 0 Å². The number of carbonyl (C=O) groups is 1. The Labute approximate surface area is 161 Å². The molecule has 24 heavy (non-hydrogen) atoms. The first-order valence-electron chi connectivity index (χ1n) is 7.37. The van der Waals surface area contributed by atoms with Crippen molar-refractivity contribution < 1.29 is 4.79 Å². The van der Waals surface area contributed by atoms with Crippen LogP contribution in [0.2, 0.25) is 5.02 Å². The van der Waals surface area contributed by atoms with E-state index in [9.17, 15) is 4.79 Å². The average Bonchev–Trinajstić information content (AvgIpc) is 2.56. The van der Waals surface area contributed by atoms with Crippen LogP contribution in [-0.4, -0.2) is 24.4 Å². The Morgan fingerprint density at radius 1 is 0.833 bits per heavy atom. The molecule has 0 N–H and O–H groups in total. The van der Waals surface area contributed by atoms with E-state index >= 15 is 0 Å². The topological polar surface area (TPSA) is 17.1 Å². The number of aryl methyl sites for hydroxylation is 1. The Bertz CT molecular complexity index is 812. The second-order valence-electron chi connectivity index (χ2n) is 5.33. The Morgan fingerprint density at radius 2 is 1.46 bits per heavy atom. The molecule has 116 valence electrons. The molecule has 0 heterocycles. The van der Waals surface area contributed by atoms with E-state index in [4.69, 9.17) is 11.6 Å². The molecule has 0 aromatic heterocycles. The molecule has 0 bridgehead atoms. The minimum atomic E-state index is 0. The zero-order chi connectivity index (χ0) is 16.2. The summed E-state index contributed by atoms with van der Waals surface area (Å²) in [5, 5.41) is 1.55. The normalized spacial score (nSPS) is 10.6. The van der Waals surface area contributed by atoms with Crippen molar-refractivity contribution in [2.75, 3.05) is 0 Å². The third-order valence-electron chi connectivity index (χ3n) is 3.70. The Morgan fingerprint density at radius 3 is 2.08 bits per heavy atom. The predicted octanol–water partition coefficient (Wildman–Crippen LogP) is 4.81. The van der Waals surface area contributed by atoms with Crippen molar-refractivity contribution in [3.05, 3.63) is 88.9 Å². The first-order chi connectivity index (χ1) is 11.1. The van der Waals surface area contributed by atoms with E-state index in [0.29, 0.717) is 10.6 Å². The van der Waals surface area contributed by atoms with Gasteiger partial charge < -0.3 is 0 Å². The minimum absolute atomic E-state index is 0. The van der Waals surface area contributed by atoms with Crippen LogP contribution in [-0.2, 0) is 0 Å². The molecular formula is C20H17ClLiOP. The summed E-state index contributed by atoms with van der Waals surface area (Å²) < 4.78 is 0. The molecule has 0 aliphatic heterocycles. The Balaban J connectivity index is 0.00000208. The fourth-order valence-electron chi connectivity index (χ4n) is 2.49. The van der Waals surface area contributed by atoms with Gasteiger partial charge >= 0.3 is 18.9 Å². The second-order valence-corrected chi connectivity index (χ2v) is 7.02. The van der Waals surface area contributed by atoms with E-state index in [0.717, 1.165) is 16.4 Å². The molecule has 0 radical (unpaired) electrons. The van der Waals surface area contributed by atoms with Crippen LogP contribution in [0.5, 0.6) is 0 Å².